The SMILES string of the molecule is Cc1ccc(-n2ncc(C(N)O)c2N)cc1. The molecule has 84 valence electrons. The second kappa shape index (κ2) is 3.96. The molecule has 0 aliphatic carbocycles. The minimum atomic E-state index is -1.10. The van der Waals surface area contributed by atoms with Gasteiger partial charge in [-0.15, -0.1) is 0 Å². The minimum Gasteiger partial charge on any atom is -0.383 e. The number of aryl methyl sites for hydroxylation is 1. The van der Waals surface area contributed by atoms with Gasteiger partial charge in [-0.05, 0) is 19.1 Å². The van der Waals surface area contributed by atoms with Crippen LogP contribution in [-0.4, -0.2) is 14.9 Å². The number of hydrogen-bond donors (Lipinski definition) is 3. The van der Waals surface area contributed by atoms with Crippen LogP contribution in [0, 0.1) is 6.92 Å². The lowest BCUT2D eigenvalue weighted by Gasteiger charge is -2.06. The monoisotopic (exact) mass is 218 g/mol. The summed E-state index contributed by atoms with van der Waals surface area (Å²) in [5.74, 6) is 0.360. The van der Waals surface area contributed by atoms with E-state index in [1.165, 1.54) is 6.20 Å². The number of benzene rings is 1. The Kier molecular flexibility index (Phi) is 2.64. The summed E-state index contributed by atoms with van der Waals surface area (Å²) >= 11 is 0. The van der Waals surface area contributed by atoms with E-state index in [0.717, 1.165) is 11.3 Å². The van der Waals surface area contributed by atoms with Crippen molar-refractivity contribution in [1.82, 2.24) is 9.78 Å². The van der Waals surface area contributed by atoms with Gasteiger partial charge in [0.1, 0.15) is 12.0 Å². The molecule has 0 aliphatic heterocycles. The number of hydrogen-bond acceptors (Lipinski definition) is 4. The first-order valence-electron chi connectivity index (χ1n) is 4.93. The Hall–Kier alpha value is -1.85. The summed E-state index contributed by atoms with van der Waals surface area (Å²) in [6.07, 6.45) is 0.374. The van der Waals surface area contributed by atoms with Crippen molar-refractivity contribution in [3.8, 4) is 5.69 Å². The predicted molar refractivity (Wildman–Crippen MR) is 61.9 cm³/mol. The van der Waals surface area contributed by atoms with E-state index in [2.05, 4.69) is 5.10 Å². The third-order valence-corrected chi connectivity index (χ3v) is 2.43. The van der Waals surface area contributed by atoms with E-state index in [9.17, 15) is 5.11 Å². The highest BCUT2D eigenvalue weighted by Gasteiger charge is 2.12. The summed E-state index contributed by atoms with van der Waals surface area (Å²) in [6, 6.07) is 7.75. The van der Waals surface area contributed by atoms with Gasteiger partial charge in [-0.1, -0.05) is 17.7 Å². The van der Waals surface area contributed by atoms with E-state index in [-0.39, 0.29) is 0 Å². The van der Waals surface area contributed by atoms with Gasteiger partial charge in [0.05, 0.1) is 17.4 Å². The summed E-state index contributed by atoms with van der Waals surface area (Å²) in [5.41, 5.74) is 13.6. The van der Waals surface area contributed by atoms with Crippen molar-refractivity contribution in [2.45, 2.75) is 13.2 Å². The van der Waals surface area contributed by atoms with Crippen molar-refractivity contribution >= 4 is 5.82 Å². The number of rotatable bonds is 2. The Morgan fingerprint density at radius 1 is 1.31 bits per heavy atom. The number of nitrogen functional groups attached to an aromatic ring is 1. The molecule has 1 atom stereocenters. The molecule has 2 rings (SSSR count). The molecule has 0 amide bonds. The fourth-order valence-electron chi connectivity index (χ4n) is 1.49. The molecule has 1 aromatic carbocycles. The molecule has 1 heterocycles. The highest BCUT2D eigenvalue weighted by atomic mass is 16.3. The first kappa shape index (κ1) is 10.7. The van der Waals surface area contributed by atoms with Crippen LogP contribution in [0.4, 0.5) is 5.82 Å². The highest BCUT2D eigenvalue weighted by Crippen LogP contribution is 2.20. The number of nitrogens with zero attached hydrogens (tertiary/aromatic N) is 2. The van der Waals surface area contributed by atoms with Gasteiger partial charge in [0.2, 0.25) is 0 Å². The maximum absolute atomic E-state index is 9.25. The maximum atomic E-state index is 9.25. The minimum absolute atomic E-state index is 0.360. The molecular formula is C11H14N4O. The van der Waals surface area contributed by atoms with E-state index in [1.54, 1.807) is 4.68 Å². The van der Waals surface area contributed by atoms with Gasteiger partial charge in [-0.2, -0.15) is 5.10 Å². The fraction of sp³-hybridized carbons (Fsp3) is 0.182. The summed E-state index contributed by atoms with van der Waals surface area (Å²) < 4.78 is 1.55. The normalized spacial score (nSPS) is 12.7. The zero-order valence-corrected chi connectivity index (χ0v) is 8.96. The Morgan fingerprint density at radius 2 is 1.94 bits per heavy atom. The Morgan fingerprint density at radius 3 is 2.44 bits per heavy atom. The number of nitrogens with two attached hydrogens (primary N) is 2. The number of aliphatic hydroxyl groups is 1. The zero-order valence-electron chi connectivity index (χ0n) is 8.96. The lowest BCUT2D eigenvalue weighted by molar-refractivity contribution is 0.187. The van der Waals surface area contributed by atoms with E-state index < -0.39 is 6.23 Å². The highest BCUT2D eigenvalue weighted by molar-refractivity contribution is 5.48. The lowest BCUT2D eigenvalue weighted by Crippen LogP contribution is -2.11. The third kappa shape index (κ3) is 1.78. The first-order chi connectivity index (χ1) is 7.59. The van der Waals surface area contributed by atoms with Crippen LogP contribution in [0.15, 0.2) is 30.5 Å². The standard InChI is InChI=1S/C11H14N4O/c1-7-2-4-8(5-3-7)15-10(12)9(6-14-15)11(13)16/h2-6,11,16H,12-13H2,1H3. The molecular weight excluding hydrogens is 204 g/mol. The molecule has 5 nitrogen and oxygen atoms in total. The van der Waals surface area contributed by atoms with Gasteiger partial charge in [-0.25, -0.2) is 4.68 Å². The van der Waals surface area contributed by atoms with Crippen LogP contribution in [-0.2, 0) is 0 Å². The third-order valence-electron chi connectivity index (χ3n) is 2.43. The van der Waals surface area contributed by atoms with Gasteiger partial charge < -0.3 is 16.6 Å². The average molecular weight is 218 g/mol. The molecule has 0 saturated heterocycles. The molecule has 0 spiro atoms. The maximum Gasteiger partial charge on any atom is 0.134 e. The molecule has 1 aromatic heterocycles. The molecule has 2 aromatic rings. The van der Waals surface area contributed by atoms with E-state index in [4.69, 9.17) is 11.5 Å². The fourth-order valence-corrected chi connectivity index (χ4v) is 1.49. The molecule has 5 N–H and O–H groups in total. The number of aliphatic hydroxyl groups excluding tert-OH is 1. The van der Waals surface area contributed by atoms with Gasteiger partial charge >= 0.3 is 0 Å². The van der Waals surface area contributed by atoms with E-state index >= 15 is 0 Å². The van der Waals surface area contributed by atoms with Crippen LogP contribution in [0.1, 0.15) is 17.4 Å². The van der Waals surface area contributed by atoms with Crippen LogP contribution in [0.25, 0.3) is 5.69 Å². The van der Waals surface area contributed by atoms with Crippen LogP contribution in [0.5, 0.6) is 0 Å². The first-order valence-corrected chi connectivity index (χ1v) is 4.93. The summed E-state index contributed by atoms with van der Waals surface area (Å²) in [5, 5.41) is 13.3. The van der Waals surface area contributed by atoms with Gasteiger partial charge in [0.15, 0.2) is 0 Å². The van der Waals surface area contributed by atoms with Crippen LogP contribution in [0.2, 0.25) is 0 Å². The number of anilines is 1. The average Bonchev–Trinajstić information content (AvgIpc) is 2.61. The van der Waals surface area contributed by atoms with Crippen molar-refractivity contribution < 1.29 is 5.11 Å². The Labute approximate surface area is 93.3 Å². The lowest BCUT2D eigenvalue weighted by atomic mass is 10.2. The van der Waals surface area contributed by atoms with Gasteiger partial charge in [-0.3, -0.25) is 0 Å². The summed E-state index contributed by atoms with van der Waals surface area (Å²) in [6.45, 7) is 2.01. The summed E-state index contributed by atoms with van der Waals surface area (Å²) in [7, 11) is 0. The molecule has 0 fully saturated rings. The van der Waals surface area contributed by atoms with Gasteiger partial charge in [0, 0.05) is 0 Å². The molecule has 16 heavy (non-hydrogen) atoms. The molecule has 5 heteroatoms. The molecule has 0 radical (unpaired) electrons. The smallest absolute Gasteiger partial charge is 0.134 e. The summed E-state index contributed by atoms with van der Waals surface area (Å²) in [4.78, 5) is 0. The second-order valence-electron chi connectivity index (χ2n) is 3.68. The van der Waals surface area contributed by atoms with Crippen LogP contribution < -0.4 is 11.5 Å². The van der Waals surface area contributed by atoms with E-state index in [0.29, 0.717) is 11.4 Å². The number of aromatic nitrogens is 2. The predicted octanol–water partition coefficient (Wildman–Crippen LogP) is 0.713. The zero-order chi connectivity index (χ0) is 11.7. The Balaban J connectivity index is 2.45. The molecule has 0 aliphatic rings. The molecule has 1 unspecified atom stereocenters. The van der Waals surface area contributed by atoms with Crippen molar-refractivity contribution in [3.05, 3.63) is 41.6 Å². The topological polar surface area (TPSA) is 90.1 Å². The van der Waals surface area contributed by atoms with Crippen molar-refractivity contribution in [3.63, 3.8) is 0 Å². The quantitative estimate of drug-likeness (QED) is 0.647. The second-order valence-corrected chi connectivity index (χ2v) is 3.68. The van der Waals surface area contributed by atoms with Crippen molar-refractivity contribution in [2.75, 3.05) is 5.73 Å². The van der Waals surface area contributed by atoms with Gasteiger partial charge in [0.25, 0.3) is 0 Å². The Bertz CT molecular complexity index is 487. The van der Waals surface area contributed by atoms with Crippen molar-refractivity contribution in [1.29, 1.82) is 0 Å². The van der Waals surface area contributed by atoms with E-state index in [1.807, 2.05) is 31.2 Å². The largest absolute Gasteiger partial charge is 0.383 e. The molecule has 0 saturated carbocycles. The van der Waals surface area contributed by atoms with Crippen molar-refractivity contribution in [2.24, 2.45) is 5.73 Å². The van der Waals surface area contributed by atoms with Crippen LogP contribution in [0.3, 0.4) is 0 Å². The molecule has 0 bridgehead atoms. The van der Waals surface area contributed by atoms with Crippen LogP contribution >= 0.6 is 0 Å².